The van der Waals surface area contributed by atoms with Crippen LogP contribution in [0.1, 0.15) is 85.0 Å². The summed E-state index contributed by atoms with van der Waals surface area (Å²) in [4.78, 5) is 15.8. The normalized spacial score (nSPS) is 22.3. The molecule has 0 radical (unpaired) electrons. The lowest BCUT2D eigenvalue weighted by Crippen LogP contribution is -2.55. The fourth-order valence-corrected chi connectivity index (χ4v) is 3.80. The van der Waals surface area contributed by atoms with Crippen molar-refractivity contribution in [1.82, 2.24) is 5.32 Å². The summed E-state index contributed by atoms with van der Waals surface area (Å²) in [5, 5.41) is 2.94. The predicted octanol–water partition coefficient (Wildman–Crippen LogP) is 4.85. The molecule has 26 heavy (non-hydrogen) atoms. The zero-order valence-electron chi connectivity index (χ0n) is 17.5. The number of nitrogens with zero attached hydrogens (tertiary/aromatic N) is 2. The number of hydrogen-bond donors (Lipinski definition) is 1. The molecule has 1 aliphatic heterocycles. The molecule has 0 saturated carbocycles. The number of quaternary nitrogens is 1. The summed E-state index contributed by atoms with van der Waals surface area (Å²) >= 11 is 0. The lowest BCUT2D eigenvalue weighted by molar-refractivity contribution is -0.934. The average molecular weight is 365 g/mol. The molecule has 4 nitrogen and oxygen atoms in total. The monoisotopic (exact) mass is 364 g/mol. The minimum absolute atomic E-state index is 0.0566. The van der Waals surface area contributed by atoms with E-state index in [1.54, 1.807) is 6.92 Å². The Balaban J connectivity index is 2.18. The van der Waals surface area contributed by atoms with Gasteiger partial charge in [0.1, 0.15) is 6.54 Å². The number of rotatable bonds is 15. The van der Waals surface area contributed by atoms with Gasteiger partial charge in [-0.1, -0.05) is 64.0 Å². The number of aliphatic imine (C=N–C) groups is 1. The van der Waals surface area contributed by atoms with Crippen molar-refractivity contribution in [3.8, 4) is 0 Å². The minimum Gasteiger partial charge on any atom is -0.351 e. The van der Waals surface area contributed by atoms with E-state index in [-0.39, 0.29) is 5.91 Å². The molecule has 0 aromatic rings. The number of likely N-dealkylation sites (N-methyl/N-ethyl adjacent to an activating group) is 1. The number of unbranched alkanes of at least 4 members (excludes halogenated alkanes) is 8. The molecule has 2 unspecified atom stereocenters. The van der Waals surface area contributed by atoms with Crippen LogP contribution in [0.15, 0.2) is 17.1 Å². The smallest absolute Gasteiger partial charge is 0.217 e. The van der Waals surface area contributed by atoms with Crippen LogP contribution < -0.4 is 5.32 Å². The van der Waals surface area contributed by atoms with Crippen LogP contribution in [-0.4, -0.2) is 48.9 Å². The summed E-state index contributed by atoms with van der Waals surface area (Å²) in [6.45, 7) is 9.86. The SMILES string of the molecule is CCCCCCCCCC/C=C/CC1N=CC[N+]1(CC)CCNC(C)=O. The number of carbonyl (C=O) groups excluding carboxylic acids is 1. The van der Waals surface area contributed by atoms with E-state index in [0.717, 1.165) is 37.1 Å². The molecule has 0 aromatic heterocycles. The quantitative estimate of drug-likeness (QED) is 0.252. The van der Waals surface area contributed by atoms with E-state index in [9.17, 15) is 4.79 Å². The third-order valence-electron chi connectivity index (χ3n) is 5.65. The van der Waals surface area contributed by atoms with E-state index >= 15 is 0 Å². The van der Waals surface area contributed by atoms with Gasteiger partial charge in [-0.15, -0.1) is 0 Å². The number of amides is 1. The van der Waals surface area contributed by atoms with Crippen molar-refractivity contribution in [3.63, 3.8) is 0 Å². The van der Waals surface area contributed by atoms with Gasteiger partial charge >= 0.3 is 0 Å². The summed E-state index contributed by atoms with van der Waals surface area (Å²) in [6, 6.07) is 0. The van der Waals surface area contributed by atoms with Crippen LogP contribution in [0.2, 0.25) is 0 Å². The molecule has 4 heteroatoms. The van der Waals surface area contributed by atoms with Gasteiger partial charge in [0.05, 0.1) is 25.8 Å². The molecule has 1 heterocycles. The molecule has 0 saturated heterocycles. The van der Waals surface area contributed by atoms with Gasteiger partial charge in [-0.05, 0) is 19.8 Å². The molecule has 1 N–H and O–H groups in total. The van der Waals surface area contributed by atoms with Crippen molar-refractivity contribution in [2.75, 3.05) is 26.2 Å². The van der Waals surface area contributed by atoms with E-state index in [1.165, 1.54) is 57.8 Å². The lowest BCUT2D eigenvalue weighted by atomic mass is 10.1. The highest BCUT2D eigenvalue weighted by molar-refractivity contribution is 5.72. The van der Waals surface area contributed by atoms with Gasteiger partial charge in [-0.3, -0.25) is 9.28 Å². The van der Waals surface area contributed by atoms with Crippen molar-refractivity contribution in [1.29, 1.82) is 0 Å². The number of hydrogen-bond acceptors (Lipinski definition) is 2. The number of nitrogens with one attached hydrogen (secondary N) is 1. The van der Waals surface area contributed by atoms with Gasteiger partial charge in [0, 0.05) is 13.3 Å². The molecule has 1 amide bonds. The molecule has 0 fully saturated rings. The standard InChI is InChI=1S/C22H41N3O/c1-4-6-7-8-9-10-11-12-13-14-15-16-22-24-18-20-25(22,5-2)19-17-23-21(3)26/h14-15,18,22H,4-13,16-17,19-20H2,1-3H3/p+1/b15-14+. The number of allylic oxidation sites excluding steroid dienone is 1. The summed E-state index contributed by atoms with van der Waals surface area (Å²) in [6.07, 6.45) is 20.3. The van der Waals surface area contributed by atoms with E-state index in [0.29, 0.717) is 6.17 Å². The van der Waals surface area contributed by atoms with Gasteiger partial charge < -0.3 is 5.32 Å². The maximum Gasteiger partial charge on any atom is 0.217 e. The van der Waals surface area contributed by atoms with Gasteiger partial charge in [0.2, 0.25) is 5.91 Å². The topological polar surface area (TPSA) is 41.5 Å². The van der Waals surface area contributed by atoms with Gasteiger partial charge in [-0.2, -0.15) is 0 Å². The molecular formula is C22H42N3O+. The maximum absolute atomic E-state index is 11.1. The molecule has 1 rings (SSSR count). The predicted molar refractivity (Wildman–Crippen MR) is 112 cm³/mol. The fraction of sp³-hybridized carbons (Fsp3) is 0.818. The zero-order valence-corrected chi connectivity index (χ0v) is 17.5. The largest absolute Gasteiger partial charge is 0.351 e. The molecule has 2 atom stereocenters. The highest BCUT2D eigenvalue weighted by atomic mass is 16.1. The Morgan fingerprint density at radius 2 is 1.81 bits per heavy atom. The second-order valence-corrected chi connectivity index (χ2v) is 7.71. The summed E-state index contributed by atoms with van der Waals surface area (Å²) in [7, 11) is 0. The fourth-order valence-electron chi connectivity index (χ4n) is 3.80. The van der Waals surface area contributed by atoms with Crippen LogP contribution in [0.3, 0.4) is 0 Å². The molecular weight excluding hydrogens is 322 g/mol. The van der Waals surface area contributed by atoms with Crippen molar-refractivity contribution in [3.05, 3.63) is 12.2 Å². The Labute approximate surface area is 161 Å². The van der Waals surface area contributed by atoms with E-state index in [2.05, 4.69) is 37.5 Å². The second kappa shape index (κ2) is 14.0. The third kappa shape index (κ3) is 8.98. The van der Waals surface area contributed by atoms with Crippen molar-refractivity contribution < 1.29 is 9.28 Å². The molecule has 0 aromatic carbocycles. The Bertz CT molecular complexity index is 433. The second-order valence-electron chi connectivity index (χ2n) is 7.71. The van der Waals surface area contributed by atoms with Gasteiger partial charge in [0.25, 0.3) is 0 Å². The van der Waals surface area contributed by atoms with Crippen LogP contribution in [0.5, 0.6) is 0 Å². The summed E-state index contributed by atoms with van der Waals surface area (Å²) < 4.78 is 0.975. The Morgan fingerprint density at radius 3 is 2.46 bits per heavy atom. The van der Waals surface area contributed by atoms with E-state index < -0.39 is 0 Å². The third-order valence-corrected chi connectivity index (χ3v) is 5.65. The first-order valence-corrected chi connectivity index (χ1v) is 10.9. The zero-order chi connectivity index (χ0) is 19.1. The van der Waals surface area contributed by atoms with Crippen LogP contribution in [0, 0.1) is 0 Å². The Hall–Kier alpha value is -1.16. The first kappa shape index (κ1) is 22.9. The van der Waals surface area contributed by atoms with Crippen LogP contribution in [0.4, 0.5) is 0 Å². The molecule has 1 aliphatic rings. The molecule has 0 bridgehead atoms. The summed E-state index contributed by atoms with van der Waals surface area (Å²) in [5.41, 5.74) is 0. The Morgan fingerprint density at radius 1 is 1.12 bits per heavy atom. The number of carbonyl (C=O) groups is 1. The van der Waals surface area contributed by atoms with Crippen LogP contribution in [0.25, 0.3) is 0 Å². The summed E-state index contributed by atoms with van der Waals surface area (Å²) in [5.74, 6) is 0.0566. The van der Waals surface area contributed by atoms with Crippen LogP contribution >= 0.6 is 0 Å². The van der Waals surface area contributed by atoms with Crippen LogP contribution in [-0.2, 0) is 4.79 Å². The van der Waals surface area contributed by atoms with Crippen molar-refractivity contribution in [2.24, 2.45) is 4.99 Å². The van der Waals surface area contributed by atoms with E-state index in [4.69, 9.17) is 4.99 Å². The maximum atomic E-state index is 11.1. The average Bonchev–Trinajstić information content (AvgIpc) is 3.02. The highest BCUT2D eigenvalue weighted by Gasteiger charge is 2.36. The first-order chi connectivity index (χ1) is 12.6. The van der Waals surface area contributed by atoms with Crippen molar-refractivity contribution in [2.45, 2.75) is 91.1 Å². The molecule has 0 spiro atoms. The lowest BCUT2D eigenvalue weighted by Gasteiger charge is -2.37. The molecule has 150 valence electrons. The van der Waals surface area contributed by atoms with E-state index in [1.807, 2.05) is 0 Å². The Kier molecular flexibility index (Phi) is 12.3. The van der Waals surface area contributed by atoms with Crippen molar-refractivity contribution >= 4 is 12.1 Å². The highest BCUT2D eigenvalue weighted by Crippen LogP contribution is 2.22. The van der Waals surface area contributed by atoms with Gasteiger partial charge in [-0.25, -0.2) is 4.99 Å². The minimum atomic E-state index is 0.0566. The first-order valence-electron chi connectivity index (χ1n) is 10.9. The molecule has 0 aliphatic carbocycles. The van der Waals surface area contributed by atoms with Gasteiger partial charge in [0.15, 0.2) is 6.17 Å².